The van der Waals surface area contributed by atoms with Gasteiger partial charge in [-0.25, -0.2) is 0 Å². The number of ether oxygens (including phenoxy) is 1. The highest BCUT2D eigenvalue weighted by Gasteiger charge is 2.25. The molecule has 2 aliphatic heterocycles. The van der Waals surface area contributed by atoms with Crippen LogP contribution in [0.5, 0.6) is 0 Å². The molecule has 3 rings (SSSR count). The molecule has 0 aromatic heterocycles. The van der Waals surface area contributed by atoms with E-state index < -0.39 is 0 Å². The summed E-state index contributed by atoms with van der Waals surface area (Å²) >= 11 is 0. The van der Waals surface area contributed by atoms with Gasteiger partial charge in [0.15, 0.2) is 0 Å². The molecule has 5 heteroatoms. The quantitative estimate of drug-likeness (QED) is 0.748. The molecule has 0 bridgehead atoms. The number of rotatable bonds is 2. The first-order chi connectivity index (χ1) is 9.33. The van der Waals surface area contributed by atoms with Gasteiger partial charge in [0, 0.05) is 25.8 Å². The van der Waals surface area contributed by atoms with E-state index in [4.69, 9.17) is 4.74 Å². The van der Waals surface area contributed by atoms with Crippen molar-refractivity contribution in [1.29, 1.82) is 0 Å². The molecular weight excluding hydrogens is 242 g/mol. The Balaban J connectivity index is 1.59. The van der Waals surface area contributed by atoms with Crippen molar-refractivity contribution in [2.75, 3.05) is 30.4 Å². The summed E-state index contributed by atoms with van der Waals surface area (Å²) in [6, 6.07) is 7.98. The minimum Gasteiger partial charge on any atom is -0.381 e. The molecule has 1 fully saturated rings. The summed E-state index contributed by atoms with van der Waals surface area (Å²) in [5.74, 6) is 0.0638. The SMILES string of the molecule is O=C(NC1CCOCC1)C1CNc2ccccc2N1. The van der Waals surface area contributed by atoms with Gasteiger partial charge in [-0.1, -0.05) is 12.1 Å². The predicted molar refractivity (Wildman–Crippen MR) is 74.3 cm³/mol. The Labute approximate surface area is 112 Å². The molecule has 0 saturated carbocycles. The van der Waals surface area contributed by atoms with Crippen LogP contribution in [-0.2, 0) is 9.53 Å². The smallest absolute Gasteiger partial charge is 0.244 e. The average molecular weight is 261 g/mol. The lowest BCUT2D eigenvalue weighted by molar-refractivity contribution is -0.122. The molecule has 1 aromatic rings. The maximum absolute atomic E-state index is 12.2. The number of amides is 1. The van der Waals surface area contributed by atoms with Crippen molar-refractivity contribution < 1.29 is 9.53 Å². The van der Waals surface area contributed by atoms with E-state index in [0.717, 1.165) is 37.4 Å². The molecule has 0 aliphatic carbocycles. The second kappa shape index (κ2) is 5.48. The Morgan fingerprint density at radius 1 is 1.21 bits per heavy atom. The molecule has 0 spiro atoms. The van der Waals surface area contributed by atoms with Crippen molar-refractivity contribution in [2.45, 2.75) is 24.9 Å². The second-order valence-electron chi connectivity index (χ2n) is 5.02. The number of para-hydroxylation sites is 2. The van der Waals surface area contributed by atoms with Gasteiger partial charge in [-0.05, 0) is 25.0 Å². The highest BCUT2D eigenvalue weighted by molar-refractivity contribution is 5.88. The zero-order chi connectivity index (χ0) is 13.1. The highest BCUT2D eigenvalue weighted by Crippen LogP contribution is 2.25. The lowest BCUT2D eigenvalue weighted by atomic mass is 10.1. The van der Waals surface area contributed by atoms with Gasteiger partial charge in [-0.3, -0.25) is 4.79 Å². The number of fused-ring (bicyclic) bond motifs is 1. The standard InChI is InChI=1S/C14H19N3O2/c18-14(16-10-5-7-19-8-6-10)13-9-15-11-3-1-2-4-12(11)17-13/h1-4,10,13,15,17H,5-9H2,(H,16,18). The van der Waals surface area contributed by atoms with E-state index in [1.807, 2.05) is 24.3 Å². The minimum absolute atomic E-state index is 0.0638. The molecule has 0 radical (unpaired) electrons. The fourth-order valence-corrected chi connectivity index (χ4v) is 2.52. The number of benzene rings is 1. The number of nitrogens with one attached hydrogen (secondary N) is 3. The summed E-state index contributed by atoms with van der Waals surface area (Å²) in [5, 5.41) is 9.66. The number of carbonyl (C=O) groups excluding carboxylic acids is 1. The van der Waals surface area contributed by atoms with Crippen molar-refractivity contribution in [3.63, 3.8) is 0 Å². The third-order valence-electron chi connectivity index (χ3n) is 3.64. The van der Waals surface area contributed by atoms with E-state index in [9.17, 15) is 4.79 Å². The third kappa shape index (κ3) is 2.81. The molecule has 5 nitrogen and oxygen atoms in total. The Morgan fingerprint density at radius 3 is 2.74 bits per heavy atom. The first-order valence-corrected chi connectivity index (χ1v) is 6.80. The van der Waals surface area contributed by atoms with Crippen LogP contribution < -0.4 is 16.0 Å². The van der Waals surface area contributed by atoms with Gasteiger partial charge in [0.1, 0.15) is 6.04 Å². The fourth-order valence-electron chi connectivity index (χ4n) is 2.52. The van der Waals surface area contributed by atoms with E-state index in [-0.39, 0.29) is 18.0 Å². The van der Waals surface area contributed by atoms with Crippen LogP contribution in [0.25, 0.3) is 0 Å². The normalized spacial score (nSPS) is 22.8. The highest BCUT2D eigenvalue weighted by atomic mass is 16.5. The van der Waals surface area contributed by atoms with Crippen molar-refractivity contribution in [3.8, 4) is 0 Å². The first-order valence-electron chi connectivity index (χ1n) is 6.80. The lowest BCUT2D eigenvalue weighted by Gasteiger charge is -2.30. The van der Waals surface area contributed by atoms with E-state index in [0.29, 0.717) is 6.54 Å². The van der Waals surface area contributed by atoms with Crippen LogP contribution in [0.2, 0.25) is 0 Å². The van der Waals surface area contributed by atoms with Gasteiger partial charge in [0.05, 0.1) is 11.4 Å². The van der Waals surface area contributed by atoms with Crippen LogP contribution in [-0.4, -0.2) is 37.7 Å². The Kier molecular flexibility index (Phi) is 3.55. The Bertz CT molecular complexity index is 458. The van der Waals surface area contributed by atoms with E-state index in [2.05, 4.69) is 16.0 Å². The molecule has 3 N–H and O–H groups in total. The summed E-state index contributed by atoms with van der Waals surface area (Å²) < 4.78 is 5.29. The molecule has 102 valence electrons. The summed E-state index contributed by atoms with van der Waals surface area (Å²) in [4.78, 5) is 12.2. The van der Waals surface area contributed by atoms with E-state index in [1.54, 1.807) is 0 Å². The number of hydrogen-bond donors (Lipinski definition) is 3. The van der Waals surface area contributed by atoms with Crippen LogP contribution in [0, 0.1) is 0 Å². The number of carbonyl (C=O) groups is 1. The van der Waals surface area contributed by atoms with Crippen LogP contribution in [0.3, 0.4) is 0 Å². The van der Waals surface area contributed by atoms with Gasteiger partial charge in [-0.15, -0.1) is 0 Å². The second-order valence-corrected chi connectivity index (χ2v) is 5.02. The van der Waals surface area contributed by atoms with Crippen molar-refractivity contribution in [1.82, 2.24) is 5.32 Å². The van der Waals surface area contributed by atoms with Crippen molar-refractivity contribution in [2.24, 2.45) is 0 Å². The van der Waals surface area contributed by atoms with Crippen molar-refractivity contribution >= 4 is 17.3 Å². The molecule has 2 heterocycles. The average Bonchev–Trinajstić information content (AvgIpc) is 2.48. The predicted octanol–water partition coefficient (Wildman–Crippen LogP) is 1.19. The Hall–Kier alpha value is -1.75. The molecule has 1 amide bonds. The van der Waals surface area contributed by atoms with Crippen LogP contribution >= 0.6 is 0 Å². The van der Waals surface area contributed by atoms with Gasteiger partial charge in [0.2, 0.25) is 5.91 Å². The summed E-state index contributed by atoms with van der Waals surface area (Å²) in [6.45, 7) is 2.10. The molecule has 1 saturated heterocycles. The van der Waals surface area contributed by atoms with Gasteiger partial charge in [-0.2, -0.15) is 0 Å². The van der Waals surface area contributed by atoms with Gasteiger partial charge in [0.25, 0.3) is 0 Å². The molecular formula is C14H19N3O2. The maximum Gasteiger partial charge on any atom is 0.244 e. The van der Waals surface area contributed by atoms with Crippen LogP contribution in [0.4, 0.5) is 11.4 Å². The summed E-state index contributed by atoms with van der Waals surface area (Å²) in [6.07, 6.45) is 1.81. The topological polar surface area (TPSA) is 62.4 Å². The molecule has 19 heavy (non-hydrogen) atoms. The molecule has 2 aliphatic rings. The molecule has 1 atom stereocenters. The summed E-state index contributed by atoms with van der Waals surface area (Å²) in [7, 11) is 0. The van der Waals surface area contributed by atoms with Gasteiger partial charge < -0.3 is 20.7 Å². The third-order valence-corrected chi connectivity index (χ3v) is 3.64. The van der Waals surface area contributed by atoms with Crippen LogP contribution in [0.15, 0.2) is 24.3 Å². The maximum atomic E-state index is 12.2. The number of anilines is 2. The Morgan fingerprint density at radius 2 is 1.95 bits per heavy atom. The fraction of sp³-hybridized carbons (Fsp3) is 0.500. The largest absolute Gasteiger partial charge is 0.381 e. The zero-order valence-corrected chi connectivity index (χ0v) is 10.8. The van der Waals surface area contributed by atoms with Gasteiger partial charge >= 0.3 is 0 Å². The van der Waals surface area contributed by atoms with Crippen molar-refractivity contribution in [3.05, 3.63) is 24.3 Å². The zero-order valence-electron chi connectivity index (χ0n) is 10.8. The van der Waals surface area contributed by atoms with E-state index in [1.165, 1.54) is 0 Å². The lowest BCUT2D eigenvalue weighted by Crippen LogP contribution is -2.50. The summed E-state index contributed by atoms with van der Waals surface area (Å²) in [5.41, 5.74) is 2.04. The minimum atomic E-state index is -0.210. The first kappa shape index (κ1) is 12.3. The van der Waals surface area contributed by atoms with Crippen LogP contribution in [0.1, 0.15) is 12.8 Å². The monoisotopic (exact) mass is 261 g/mol. The molecule has 1 aromatic carbocycles. The molecule has 1 unspecified atom stereocenters. The number of hydrogen-bond acceptors (Lipinski definition) is 4. The van der Waals surface area contributed by atoms with E-state index >= 15 is 0 Å².